The fourth-order valence-corrected chi connectivity index (χ4v) is 4.39. The van der Waals surface area contributed by atoms with Crippen LogP contribution in [0.4, 0.5) is 0 Å². The summed E-state index contributed by atoms with van der Waals surface area (Å²) in [5.41, 5.74) is 7.04. The highest BCUT2D eigenvalue weighted by Gasteiger charge is 2.20. The Hall–Kier alpha value is -1.39. The minimum Gasteiger partial charge on any atom is -0.323 e. The van der Waals surface area contributed by atoms with E-state index in [9.17, 15) is 8.42 Å². The zero-order valence-corrected chi connectivity index (χ0v) is 12.7. The van der Waals surface area contributed by atoms with Crippen LogP contribution in [-0.4, -0.2) is 19.9 Å². The van der Waals surface area contributed by atoms with Crippen LogP contribution in [0.3, 0.4) is 0 Å². The lowest BCUT2D eigenvalue weighted by atomic mass is 10.0. The van der Waals surface area contributed by atoms with E-state index < -0.39 is 15.9 Å². The van der Waals surface area contributed by atoms with E-state index in [2.05, 4.69) is 0 Å². The first-order valence-corrected chi connectivity index (χ1v) is 8.65. The number of nitrogens with two attached hydrogens (primary N) is 1. The number of hydrogen-bond donors (Lipinski definition) is 1. The highest BCUT2D eigenvalue weighted by Crippen LogP contribution is 2.24. The predicted octanol–water partition coefficient (Wildman–Crippen LogP) is 2.91. The first-order chi connectivity index (χ1) is 9.39. The second-order valence-electron chi connectivity index (χ2n) is 5.65. The van der Waals surface area contributed by atoms with Crippen LogP contribution in [0.2, 0.25) is 0 Å². The minimum absolute atomic E-state index is 0.000806. The highest BCUT2D eigenvalue weighted by molar-refractivity contribution is 7.91. The molecular weight excluding hydrogens is 270 g/mol. The second-order valence-corrected chi connectivity index (χ2v) is 7.80. The van der Waals surface area contributed by atoms with Crippen LogP contribution >= 0.6 is 0 Å². The predicted molar refractivity (Wildman–Crippen MR) is 84.4 cm³/mol. The molecule has 0 aliphatic carbocycles. The third kappa shape index (κ3) is 3.58. The van der Waals surface area contributed by atoms with Crippen LogP contribution in [0.25, 0.3) is 10.8 Å². The van der Waals surface area contributed by atoms with Gasteiger partial charge in [-0.2, -0.15) is 0 Å². The largest absolute Gasteiger partial charge is 0.323 e. The molecule has 108 valence electrons. The maximum atomic E-state index is 12.1. The van der Waals surface area contributed by atoms with Gasteiger partial charge in [0.05, 0.1) is 11.5 Å². The molecule has 0 aliphatic rings. The van der Waals surface area contributed by atoms with Gasteiger partial charge in [0.15, 0.2) is 9.84 Å². The Morgan fingerprint density at radius 3 is 2.35 bits per heavy atom. The first-order valence-electron chi connectivity index (χ1n) is 6.83. The van der Waals surface area contributed by atoms with Crippen LogP contribution in [0.15, 0.2) is 42.5 Å². The lowest BCUT2D eigenvalue weighted by molar-refractivity contribution is 0.576. The molecule has 0 amide bonds. The number of hydrogen-bond acceptors (Lipinski definition) is 3. The van der Waals surface area contributed by atoms with E-state index in [4.69, 9.17) is 5.73 Å². The van der Waals surface area contributed by atoms with E-state index in [1.54, 1.807) is 0 Å². The van der Waals surface area contributed by atoms with Gasteiger partial charge in [0.25, 0.3) is 0 Å². The summed E-state index contributed by atoms with van der Waals surface area (Å²) in [6.07, 6.45) is 0. The molecule has 1 atom stereocenters. The summed E-state index contributed by atoms with van der Waals surface area (Å²) in [5.74, 6) is 0.310. The van der Waals surface area contributed by atoms with Gasteiger partial charge < -0.3 is 5.73 Å². The summed E-state index contributed by atoms with van der Waals surface area (Å²) in [6, 6.07) is 13.3. The molecule has 0 bridgehead atoms. The monoisotopic (exact) mass is 291 g/mol. The lowest BCUT2D eigenvalue weighted by Crippen LogP contribution is -2.25. The van der Waals surface area contributed by atoms with Crippen molar-refractivity contribution in [3.05, 3.63) is 48.0 Å². The van der Waals surface area contributed by atoms with E-state index in [1.807, 2.05) is 56.3 Å². The van der Waals surface area contributed by atoms with E-state index >= 15 is 0 Å². The molecule has 0 aromatic heterocycles. The molecule has 0 heterocycles. The molecule has 0 saturated carbocycles. The summed E-state index contributed by atoms with van der Waals surface area (Å²) < 4.78 is 24.2. The van der Waals surface area contributed by atoms with E-state index in [0.717, 1.165) is 16.3 Å². The average molecular weight is 291 g/mol. The minimum atomic E-state index is -3.12. The number of rotatable bonds is 5. The summed E-state index contributed by atoms with van der Waals surface area (Å²) in [6.45, 7) is 3.81. The Bertz CT molecular complexity index is 687. The number of benzene rings is 2. The Balaban J connectivity index is 2.30. The zero-order valence-electron chi connectivity index (χ0n) is 11.9. The number of fused-ring (bicyclic) bond motifs is 1. The van der Waals surface area contributed by atoms with E-state index in [0.29, 0.717) is 0 Å². The van der Waals surface area contributed by atoms with Crippen molar-refractivity contribution in [2.75, 3.05) is 11.5 Å². The van der Waals surface area contributed by atoms with Crippen molar-refractivity contribution in [2.24, 2.45) is 11.7 Å². The molecule has 2 aromatic carbocycles. The molecule has 0 spiro atoms. The van der Waals surface area contributed by atoms with E-state index in [1.165, 1.54) is 0 Å². The van der Waals surface area contributed by atoms with Gasteiger partial charge in [0.2, 0.25) is 0 Å². The SMILES string of the molecule is CC(C)CS(=O)(=O)CC(N)c1cccc2ccccc12. The molecule has 0 aliphatic heterocycles. The maximum absolute atomic E-state index is 12.1. The van der Waals surface area contributed by atoms with Gasteiger partial charge in [0.1, 0.15) is 0 Å². The Labute approximate surface area is 120 Å². The van der Waals surface area contributed by atoms with Crippen LogP contribution in [0.1, 0.15) is 25.5 Å². The van der Waals surface area contributed by atoms with Gasteiger partial charge in [-0.25, -0.2) is 8.42 Å². The molecule has 2 rings (SSSR count). The van der Waals surface area contributed by atoms with Crippen molar-refractivity contribution in [2.45, 2.75) is 19.9 Å². The Morgan fingerprint density at radius 2 is 1.65 bits per heavy atom. The second kappa shape index (κ2) is 5.94. The normalized spacial score (nSPS) is 13.8. The fraction of sp³-hybridized carbons (Fsp3) is 0.375. The Kier molecular flexibility index (Phi) is 4.45. The first kappa shape index (κ1) is 15.0. The average Bonchev–Trinajstić information content (AvgIpc) is 2.35. The van der Waals surface area contributed by atoms with Crippen molar-refractivity contribution in [3.63, 3.8) is 0 Å². The standard InChI is InChI=1S/C16H21NO2S/c1-12(2)10-20(18,19)11-16(17)15-9-5-7-13-6-3-4-8-14(13)15/h3-9,12,16H,10-11,17H2,1-2H3. The molecule has 3 nitrogen and oxygen atoms in total. The van der Waals surface area contributed by atoms with Crippen molar-refractivity contribution in [1.82, 2.24) is 0 Å². The molecular formula is C16H21NO2S. The molecule has 0 saturated heterocycles. The molecule has 2 N–H and O–H groups in total. The fourth-order valence-electron chi connectivity index (χ4n) is 2.51. The molecule has 20 heavy (non-hydrogen) atoms. The van der Waals surface area contributed by atoms with Crippen molar-refractivity contribution < 1.29 is 8.42 Å². The molecule has 4 heteroatoms. The van der Waals surface area contributed by atoms with Crippen LogP contribution in [0.5, 0.6) is 0 Å². The number of sulfone groups is 1. The topological polar surface area (TPSA) is 60.2 Å². The lowest BCUT2D eigenvalue weighted by Gasteiger charge is -2.16. The van der Waals surface area contributed by atoms with Crippen molar-refractivity contribution >= 4 is 20.6 Å². The Morgan fingerprint density at radius 1 is 1.00 bits per heavy atom. The van der Waals surface area contributed by atoms with Gasteiger partial charge in [-0.05, 0) is 22.3 Å². The smallest absolute Gasteiger partial charge is 0.152 e. The zero-order chi connectivity index (χ0) is 14.8. The molecule has 1 unspecified atom stereocenters. The van der Waals surface area contributed by atoms with Gasteiger partial charge in [-0.15, -0.1) is 0 Å². The van der Waals surface area contributed by atoms with Crippen molar-refractivity contribution in [3.8, 4) is 0 Å². The summed E-state index contributed by atoms with van der Waals surface area (Å²) in [7, 11) is -3.12. The summed E-state index contributed by atoms with van der Waals surface area (Å²) in [5, 5.41) is 2.11. The maximum Gasteiger partial charge on any atom is 0.152 e. The van der Waals surface area contributed by atoms with Gasteiger partial charge in [-0.3, -0.25) is 0 Å². The molecule has 2 aromatic rings. The van der Waals surface area contributed by atoms with Crippen LogP contribution < -0.4 is 5.73 Å². The van der Waals surface area contributed by atoms with E-state index in [-0.39, 0.29) is 17.4 Å². The quantitative estimate of drug-likeness (QED) is 0.921. The van der Waals surface area contributed by atoms with Crippen molar-refractivity contribution in [1.29, 1.82) is 0 Å². The van der Waals surface area contributed by atoms with Gasteiger partial charge in [-0.1, -0.05) is 56.3 Å². The third-order valence-corrected chi connectivity index (χ3v) is 5.29. The third-order valence-electron chi connectivity index (χ3n) is 3.24. The van der Waals surface area contributed by atoms with Crippen LogP contribution in [0, 0.1) is 5.92 Å². The molecule has 0 fully saturated rings. The van der Waals surface area contributed by atoms with Crippen LogP contribution in [-0.2, 0) is 9.84 Å². The van der Waals surface area contributed by atoms with Gasteiger partial charge in [0, 0.05) is 6.04 Å². The van der Waals surface area contributed by atoms with Gasteiger partial charge >= 0.3 is 0 Å². The highest BCUT2D eigenvalue weighted by atomic mass is 32.2. The summed E-state index contributed by atoms with van der Waals surface area (Å²) >= 11 is 0. The molecule has 0 radical (unpaired) electrons. The summed E-state index contributed by atoms with van der Waals surface area (Å²) in [4.78, 5) is 0.